The topological polar surface area (TPSA) is 74.8 Å². The monoisotopic (exact) mass is 591 g/mol. The summed E-state index contributed by atoms with van der Waals surface area (Å²) >= 11 is 1.32. The van der Waals surface area contributed by atoms with E-state index in [2.05, 4.69) is 49.6 Å². The van der Waals surface area contributed by atoms with Gasteiger partial charge in [0.15, 0.2) is 4.80 Å². The summed E-state index contributed by atoms with van der Waals surface area (Å²) in [5, 5.41) is 1.86. The molecule has 0 saturated carbocycles. The summed E-state index contributed by atoms with van der Waals surface area (Å²) in [5.41, 5.74) is 6.65. The molecular weight excluding hydrogens is 558 g/mol. The minimum absolute atomic E-state index is 0.204. The molecular formula is C35H33N3O4S. The van der Waals surface area contributed by atoms with Crippen LogP contribution in [0.15, 0.2) is 87.8 Å². The molecule has 0 N–H and O–H groups in total. The number of ether oxygens (including phenoxy) is 2. The third-order valence-electron chi connectivity index (χ3n) is 7.96. The molecule has 8 heteroatoms. The fourth-order valence-electron chi connectivity index (χ4n) is 6.04. The highest BCUT2D eigenvalue weighted by molar-refractivity contribution is 7.07. The summed E-state index contributed by atoms with van der Waals surface area (Å²) in [4.78, 5) is 33.1. The largest absolute Gasteiger partial charge is 0.496 e. The number of rotatable bonds is 6. The quantitative estimate of drug-likeness (QED) is 0.238. The number of fused-ring (bicyclic) bond motifs is 2. The smallest absolute Gasteiger partial charge is 0.338 e. The number of nitrogens with zero attached hydrogens (tertiary/aromatic N) is 3. The second-order valence-electron chi connectivity index (χ2n) is 10.7. The van der Waals surface area contributed by atoms with E-state index in [1.807, 2.05) is 48.5 Å². The maximum atomic E-state index is 14.3. The van der Waals surface area contributed by atoms with E-state index in [1.54, 1.807) is 25.5 Å². The predicted molar refractivity (Wildman–Crippen MR) is 171 cm³/mol. The molecule has 2 aromatic heterocycles. The molecule has 3 heterocycles. The summed E-state index contributed by atoms with van der Waals surface area (Å²) in [5.74, 6) is 0.0798. The highest BCUT2D eigenvalue weighted by Crippen LogP contribution is 2.40. The van der Waals surface area contributed by atoms with Crippen LogP contribution in [-0.2, 0) is 9.53 Å². The Morgan fingerprint density at radius 3 is 2.56 bits per heavy atom. The van der Waals surface area contributed by atoms with Crippen molar-refractivity contribution in [1.29, 1.82) is 0 Å². The minimum Gasteiger partial charge on any atom is -0.496 e. The van der Waals surface area contributed by atoms with Crippen molar-refractivity contribution in [2.75, 3.05) is 13.7 Å². The van der Waals surface area contributed by atoms with E-state index in [4.69, 9.17) is 14.5 Å². The van der Waals surface area contributed by atoms with Crippen molar-refractivity contribution in [2.24, 2.45) is 4.99 Å². The van der Waals surface area contributed by atoms with E-state index in [0.717, 1.165) is 39.0 Å². The van der Waals surface area contributed by atoms with E-state index >= 15 is 0 Å². The zero-order valence-electron chi connectivity index (χ0n) is 25.1. The number of methoxy groups -OCH3 is 1. The van der Waals surface area contributed by atoms with Gasteiger partial charge in [-0.15, -0.1) is 0 Å². The van der Waals surface area contributed by atoms with Crippen molar-refractivity contribution >= 4 is 34.2 Å². The first-order valence-electron chi connectivity index (χ1n) is 14.2. The second kappa shape index (κ2) is 11.2. The van der Waals surface area contributed by atoms with E-state index in [0.29, 0.717) is 26.4 Å². The van der Waals surface area contributed by atoms with Crippen molar-refractivity contribution in [2.45, 2.75) is 40.7 Å². The fraction of sp³-hybridized carbons (Fsp3) is 0.229. The van der Waals surface area contributed by atoms with Crippen LogP contribution in [0.5, 0.6) is 5.75 Å². The van der Waals surface area contributed by atoms with Gasteiger partial charge in [0, 0.05) is 22.6 Å². The molecule has 3 aromatic carbocycles. The second-order valence-corrected chi connectivity index (χ2v) is 11.7. The predicted octanol–water partition coefficient (Wildman–Crippen LogP) is 5.68. The summed E-state index contributed by atoms with van der Waals surface area (Å²) in [6.07, 6.45) is 1.93. The van der Waals surface area contributed by atoms with Gasteiger partial charge in [-0.2, -0.15) is 0 Å². The maximum absolute atomic E-state index is 14.3. The van der Waals surface area contributed by atoms with Crippen molar-refractivity contribution < 1.29 is 14.3 Å². The van der Waals surface area contributed by atoms with Crippen LogP contribution in [0.2, 0.25) is 0 Å². The minimum atomic E-state index is -0.779. The molecule has 0 radical (unpaired) electrons. The number of hydrogen-bond donors (Lipinski definition) is 0. The van der Waals surface area contributed by atoms with E-state index in [1.165, 1.54) is 16.9 Å². The highest BCUT2D eigenvalue weighted by atomic mass is 32.1. The van der Waals surface area contributed by atoms with Gasteiger partial charge < -0.3 is 14.0 Å². The molecule has 43 heavy (non-hydrogen) atoms. The number of hydrogen-bond acceptors (Lipinski definition) is 6. The first kappa shape index (κ1) is 28.4. The van der Waals surface area contributed by atoms with Gasteiger partial charge in [0.1, 0.15) is 11.8 Å². The first-order valence-corrected chi connectivity index (χ1v) is 15.1. The van der Waals surface area contributed by atoms with Gasteiger partial charge >= 0.3 is 5.97 Å². The Kier molecular flexibility index (Phi) is 7.40. The third-order valence-corrected chi connectivity index (χ3v) is 8.94. The molecule has 1 aliphatic heterocycles. The Balaban J connectivity index is 1.61. The van der Waals surface area contributed by atoms with Crippen LogP contribution in [0.3, 0.4) is 0 Å². The lowest BCUT2D eigenvalue weighted by Crippen LogP contribution is -2.40. The molecule has 0 aliphatic carbocycles. The summed E-state index contributed by atoms with van der Waals surface area (Å²) in [6.45, 7) is 9.97. The van der Waals surface area contributed by atoms with Gasteiger partial charge in [-0.25, -0.2) is 9.79 Å². The Labute approximate surface area is 253 Å². The van der Waals surface area contributed by atoms with Gasteiger partial charge in [-0.3, -0.25) is 9.36 Å². The number of benzene rings is 3. The number of thiazole rings is 1. The lowest BCUT2D eigenvalue weighted by molar-refractivity contribution is -0.139. The molecule has 218 valence electrons. The molecule has 0 amide bonds. The summed E-state index contributed by atoms with van der Waals surface area (Å²) < 4.78 is 15.7. The molecule has 0 unspecified atom stereocenters. The van der Waals surface area contributed by atoms with Crippen LogP contribution in [0.4, 0.5) is 0 Å². The number of carbonyl (C=O) groups is 1. The normalized spacial score (nSPS) is 15.0. The van der Waals surface area contributed by atoms with Crippen LogP contribution < -0.4 is 19.6 Å². The van der Waals surface area contributed by atoms with Crippen molar-refractivity contribution in [3.8, 4) is 11.4 Å². The number of aromatic nitrogens is 2. The lowest BCUT2D eigenvalue weighted by atomic mass is 9.90. The Bertz CT molecular complexity index is 2130. The molecule has 0 saturated heterocycles. The van der Waals surface area contributed by atoms with Gasteiger partial charge in [-0.1, -0.05) is 53.8 Å². The summed E-state index contributed by atoms with van der Waals surface area (Å²) in [7, 11) is 1.60. The molecule has 5 aromatic rings. The van der Waals surface area contributed by atoms with Crippen LogP contribution in [-0.4, -0.2) is 28.8 Å². The number of allylic oxidation sites excluding steroid dienone is 1. The third kappa shape index (κ3) is 4.81. The number of aryl methyl sites for hydroxylation is 2. The average molecular weight is 592 g/mol. The molecule has 7 nitrogen and oxygen atoms in total. The van der Waals surface area contributed by atoms with E-state index in [9.17, 15) is 9.59 Å². The molecule has 1 aliphatic rings. The van der Waals surface area contributed by atoms with Gasteiger partial charge in [-0.05, 0) is 86.9 Å². The van der Waals surface area contributed by atoms with Crippen molar-refractivity contribution in [3.63, 3.8) is 0 Å². The van der Waals surface area contributed by atoms with Crippen LogP contribution >= 0.6 is 11.3 Å². The molecule has 1 atom stereocenters. The van der Waals surface area contributed by atoms with Gasteiger partial charge in [0.05, 0.1) is 29.5 Å². The standard InChI is InChI=1S/C35H33N3O4S/c1-7-42-34(40)30-22(4)36-35-38(32(30)31-27-14-9-8-12-24(27)15-16-28(31)41-6)33(39)29(43-35)19-25-18-21(3)37(23(25)5)26-13-10-11-20(2)17-26/h8-19,32H,7H2,1-6H3/b29-19+/t32-/m1/s1. The van der Waals surface area contributed by atoms with Crippen LogP contribution in [0.25, 0.3) is 22.5 Å². The Hall–Kier alpha value is -4.69. The van der Waals surface area contributed by atoms with E-state index in [-0.39, 0.29) is 12.2 Å². The maximum Gasteiger partial charge on any atom is 0.338 e. The van der Waals surface area contributed by atoms with E-state index < -0.39 is 12.0 Å². The van der Waals surface area contributed by atoms with Crippen molar-refractivity contribution in [1.82, 2.24) is 9.13 Å². The molecule has 0 fully saturated rings. The number of carbonyl (C=O) groups excluding carboxylic acids is 1. The lowest BCUT2D eigenvalue weighted by Gasteiger charge is -2.27. The molecule has 0 bridgehead atoms. The average Bonchev–Trinajstić information content (AvgIpc) is 3.45. The molecule has 6 rings (SSSR count). The van der Waals surface area contributed by atoms with Crippen molar-refractivity contribution in [3.05, 3.63) is 126 Å². The van der Waals surface area contributed by atoms with Gasteiger partial charge in [0.2, 0.25) is 0 Å². The van der Waals surface area contributed by atoms with Gasteiger partial charge in [0.25, 0.3) is 5.56 Å². The fourth-order valence-corrected chi connectivity index (χ4v) is 7.08. The van der Waals surface area contributed by atoms with Crippen LogP contribution in [0.1, 0.15) is 48.0 Å². The Morgan fingerprint density at radius 1 is 1.02 bits per heavy atom. The highest BCUT2D eigenvalue weighted by Gasteiger charge is 2.36. The summed E-state index contributed by atoms with van der Waals surface area (Å²) in [6, 6.07) is 21.4. The molecule has 0 spiro atoms. The zero-order chi connectivity index (χ0) is 30.4. The Morgan fingerprint density at radius 2 is 1.81 bits per heavy atom. The van der Waals surface area contributed by atoms with Crippen LogP contribution in [0, 0.1) is 20.8 Å². The zero-order valence-corrected chi connectivity index (χ0v) is 25.9. The first-order chi connectivity index (χ1) is 20.7. The number of esters is 1. The SMILES string of the molecule is CCOC(=O)C1=C(C)N=c2s/c(=C/c3cc(C)n(-c4cccc(C)c4)c3C)c(=O)n2[C@H]1c1c(OC)ccc2ccccc12.